The Morgan fingerprint density at radius 3 is 2.45 bits per heavy atom. The highest BCUT2D eigenvalue weighted by Crippen LogP contribution is 2.39. The molecule has 170 valence electrons. The largest absolute Gasteiger partial charge is 0.396 e. The Morgan fingerprint density at radius 2 is 1.76 bits per heavy atom. The van der Waals surface area contributed by atoms with Gasteiger partial charge >= 0.3 is 0 Å². The lowest BCUT2D eigenvalue weighted by Gasteiger charge is -2.07. The molecule has 0 radical (unpaired) electrons. The van der Waals surface area contributed by atoms with E-state index in [0.717, 1.165) is 5.56 Å². The second-order valence-electron chi connectivity index (χ2n) is 7.18. The number of imidazole rings is 1. The molecule has 0 saturated carbocycles. The van der Waals surface area contributed by atoms with Crippen LogP contribution in [0.5, 0.6) is 0 Å². The molecule has 0 aliphatic heterocycles. The molecule has 10 heteroatoms. The third kappa shape index (κ3) is 5.29. The van der Waals surface area contributed by atoms with E-state index in [4.69, 9.17) is 44.9 Å². The number of aromatic amines is 1. The minimum Gasteiger partial charge on any atom is -0.396 e. The smallest absolute Gasteiger partial charge is 0.223 e. The first kappa shape index (κ1) is 23.5. The standard InChI is InChI=1S/C23H20Cl3N5O2/c24-15-4-1-3-14(11-15)20-21(18-5-7-28-23(29-18)27-6-2-8-32)31-22(30-20)19-16(25)9-13(12-33)10-17(19)26/h1,3-5,7,9-11,32-33H,2,6,8,12H2,(H,30,31)(H,27,28,29). The molecule has 33 heavy (non-hydrogen) atoms. The molecule has 0 saturated heterocycles. The lowest BCUT2D eigenvalue weighted by Crippen LogP contribution is -2.07. The van der Waals surface area contributed by atoms with E-state index in [2.05, 4.69) is 20.3 Å². The van der Waals surface area contributed by atoms with Crippen molar-refractivity contribution in [2.75, 3.05) is 18.5 Å². The fourth-order valence-electron chi connectivity index (χ4n) is 3.33. The molecule has 2 aromatic heterocycles. The van der Waals surface area contributed by atoms with Crippen molar-refractivity contribution in [3.63, 3.8) is 0 Å². The van der Waals surface area contributed by atoms with E-state index in [9.17, 15) is 5.11 Å². The Morgan fingerprint density at radius 1 is 0.970 bits per heavy atom. The average molecular weight is 505 g/mol. The molecule has 0 amide bonds. The number of aromatic nitrogens is 4. The fraction of sp³-hybridized carbons (Fsp3) is 0.174. The number of nitrogens with zero attached hydrogens (tertiary/aromatic N) is 3. The molecule has 0 spiro atoms. The summed E-state index contributed by atoms with van der Waals surface area (Å²) >= 11 is 19.2. The second kappa shape index (κ2) is 10.5. The second-order valence-corrected chi connectivity index (χ2v) is 8.43. The molecule has 0 aliphatic rings. The van der Waals surface area contributed by atoms with Crippen molar-refractivity contribution >= 4 is 40.8 Å². The predicted octanol–water partition coefficient (Wildman–Crippen LogP) is 5.45. The molecule has 0 aliphatic carbocycles. The summed E-state index contributed by atoms with van der Waals surface area (Å²) in [6.07, 6.45) is 2.22. The number of anilines is 1. The van der Waals surface area contributed by atoms with Crippen LogP contribution in [0.1, 0.15) is 12.0 Å². The number of aliphatic hydroxyl groups excluding tert-OH is 2. The molecule has 2 aromatic carbocycles. The van der Waals surface area contributed by atoms with Crippen molar-refractivity contribution in [1.82, 2.24) is 19.9 Å². The van der Waals surface area contributed by atoms with E-state index in [-0.39, 0.29) is 13.2 Å². The van der Waals surface area contributed by atoms with Crippen LogP contribution in [0.25, 0.3) is 34.0 Å². The van der Waals surface area contributed by atoms with Crippen LogP contribution in [0.3, 0.4) is 0 Å². The molecular formula is C23H20Cl3N5O2. The van der Waals surface area contributed by atoms with Crippen LogP contribution in [0.15, 0.2) is 48.7 Å². The summed E-state index contributed by atoms with van der Waals surface area (Å²) in [7, 11) is 0. The van der Waals surface area contributed by atoms with Gasteiger partial charge in [0.2, 0.25) is 5.95 Å². The van der Waals surface area contributed by atoms with Gasteiger partial charge in [0, 0.05) is 29.9 Å². The van der Waals surface area contributed by atoms with E-state index < -0.39 is 0 Å². The summed E-state index contributed by atoms with van der Waals surface area (Å²) in [6, 6.07) is 12.4. The molecule has 4 N–H and O–H groups in total. The Balaban J connectivity index is 1.85. The minimum atomic E-state index is -0.177. The van der Waals surface area contributed by atoms with Crippen molar-refractivity contribution in [2.45, 2.75) is 13.0 Å². The van der Waals surface area contributed by atoms with Crippen LogP contribution < -0.4 is 5.32 Å². The van der Waals surface area contributed by atoms with Crippen LogP contribution in [0.2, 0.25) is 15.1 Å². The van der Waals surface area contributed by atoms with Crippen LogP contribution in [0, 0.1) is 0 Å². The van der Waals surface area contributed by atoms with Crippen molar-refractivity contribution in [3.05, 3.63) is 69.3 Å². The van der Waals surface area contributed by atoms with Gasteiger partial charge in [0.15, 0.2) is 0 Å². The number of hydrogen-bond acceptors (Lipinski definition) is 6. The highest BCUT2D eigenvalue weighted by molar-refractivity contribution is 6.39. The Bertz CT molecular complexity index is 1260. The monoisotopic (exact) mass is 503 g/mol. The molecule has 0 fully saturated rings. The third-order valence-electron chi connectivity index (χ3n) is 4.85. The number of nitrogens with one attached hydrogen (secondary N) is 2. The predicted molar refractivity (Wildman–Crippen MR) is 132 cm³/mol. The van der Waals surface area contributed by atoms with Gasteiger partial charge in [0.25, 0.3) is 0 Å². The number of aliphatic hydroxyl groups is 2. The summed E-state index contributed by atoms with van der Waals surface area (Å²) in [5.74, 6) is 0.880. The zero-order valence-corrected chi connectivity index (χ0v) is 19.6. The summed E-state index contributed by atoms with van der Waals surface area (Å²) < 4.78 is 0. The van der Waals surface area contributed by atoms with Gasteiger partial charge in [0.05, 0.1) is 39.3 Å². The molecule has 0 unspecified atom stereocenters. The van der Waals surface area contributed by atoms with Crippen molar-refractivity contribution in [3.8, 4) is 34.0 Å². The molecule has 4 aromatic rings. The fourth-order valence-corrected chi connectivity index (χ4v) is 4.23. The average Bonchev–Trinajstić information content (AvgIpc) is 3.24. The van der Waals surface area contributed by atoms with Crippen molar-refractivity contribution in [1.29, 1.82) is 0 Å². The summed E-state index contributed by atoms with van der Waals surface area (Å²) in [5.41, 5.74) is 3.76. The number of halogens is 3. The maximum Gasteiger partial charge on any atom is 0.223 e. The Hall–Kier alpha value is -2.68. The number of hydrogen-bond donors (Lipinski definition) is 4. The highest BCUT2D eigenvalue weighted by Gasteiger charge is 2.20. The van der Waals surface area contributed by atoms with E-state index in [0.29, 0.717) is 68.0 Å². The molecule has 7 nitrogen and oxygen atoms in total. The van der Waals surface area contributed by atoms with Crippen LogP contribution >= 0.6 is 34.8 Å². The quantitative estimate of drug-likeness (QED) is 0.238. The lowest BCUT2D eigenvalue weighted by molar-refractivity contribution is 0.282. The van der Waals surface area contributed by atoms with Gasteiger partial charge in [-0.25, -0.2) is 15.0 Å². The third-order valence-corrected chi connectivity index (χ3v) is 5.68. The lowest BCUT2D eigenvalue weighted by atomic mass is 10.1. The van der Waals surface area contributed by atoms with Gasteiger partial charge in [-0.3, -0.25) is 0 Å². The van der Waals surface area contributed by atoms with E-state index in [1.54, 1.807) is 30.5 Å². The topological polar surface area (TPSA) is 107 Å². The Labute approximate surface area is 205 Å². The SMILES string of the molecule is OCCCNc1nccc(-c2[nH]c(-c3c(Cl)cc(CO)cc3Cl)nc2-c2cccc(Cl)c2)n1. The van der Waals surface area contributed by atoms with E-state index >= 15 is 0 Å². The molecule has 0 bridgehead atoms. The Kier molecular flexibility index (Phi) is 7.47. The van der Waals surface area contributed by atoms with Crippen LogP contribution in [-0.4, -0.2) is 43.3 Å². The first-order valence-electron chi connectivity index (χ1n) is 10.1. The van der Waals surface area contributed by atoms with Gasteiger partial charge in [-0.15, -0.1) is 0 Å². The van der Waals surface area contributed by atoms with Gasteiger partial charge in [0.1, 0.15) is 5.82 Å². The maximum atomic E-state index is 9.44. The van der Waals surface area contributed by atoms with Crippen LogP contribution in [-0.2, 0) is 6.61 Å². The maximum absolute atomic E-state index is 9.44. The normalized spacial score (nSPS) is 11.1. The van der Waals surface area contributed by atoms with Gasteiger partial charge in [-0.2, -0.15) is 0 Å². The minimum absolute atomic E-state index is 0.0755. The molecular weight excluding hydrogens is 485 g/mol. The zero-order chi connectivity index (χ0) is 23.4. The first-order valence-corrected chi connectivity index (χ1v) is 11.3. The highest BCUT2D eigenvalue weighted by atomic mass is 35.5. The summed E-state index contributed by atoms with van der Waals surface area (Å²) in [4.78, 5) is 16.9. The van der Waals surface area contributed by atoms with Gasteiger partial charge in [-0.1, -0.05) is 46.9 Å². The molecule has 4 rings (SSSR count). The van der Waals surface area contributed by atoms with E-state index in [1.807, 2.05) is 18.2 Å². The summed E-state index contributed by atoms with van der Waals surface area (Å²) in [6.45, 7) is 0.438. The van der Waals surface area contributed by atoms with Crippen molar-refractivity contribution in [2.24, 2.45) is 0 Å². The summed E-state index contributed by atoms with van der Waals surface area (Å²) in [5, 5.41) is 22.8. The van der Waals surface area contributed by atoms with Gasteiger partial charge in [-0.05, 0) is 42.3 Å². The van der Waals surface area contributed by atoms with Crippen LogP contribution in [0.4, 0.5) is 5.95 Å². The first-order chi connectivity index (χ1) is 16.0. The van der Waals surface area contributed by atoms with Gasteiger partial charge < -0.3 is 20.5 Å². The number of benzene rings is 2. The van der Waals surface area contributed by atoms with E-state index in [1.165, 1.54) is 0 Å². The van der Waals surface area contributed by atoms with Crippen molar-refractivity contribution < 1.29 is 10.2 Å². The molecule has 2 heterocycles. The molecule has 0 atom stereocenters. The number of rotatable bonds is 8. The number of H-pyrrole nitrogens is 1. The zero-order valence-electron chi connectivity index (χ0n) is 17.3.